The van der Waals surface area contributed by atoms with Gasteiger partial charge in [-0.1, -0.05) is 6.07 Å². The fourth-order valence-electron chi connectivity index (χ4n) is 3.91. The summed E-state index contributed by atoms with van der Waals surface area (Å²) in [7, 11) is 0. The van der Waals surface area contributed by atoms with E-state index in [1.165, 1.54) is 13.0 Å². The third-order valence-corrected chi connectivity index (χ3v) is 5.50. The van der Waals surface area contributed by atoms with E-state index in [0.29, 0.717) is 6.07 Å². The molecule has 190 valence electrons. The van der Waals surface area contributed by atoms with E-state index in [1.54, 1.807) is 6.92 Å². The average Bonchev–Trinajstić information content (AvgIpc) is 2.80. The van der Waals surface area contributed by atoms with Gasteiger partial charge in [-0.25, -0.2) is 18.0 Å². The highest BCUT2D eigenvalue weighted by atomic mass is 19.3. The first kappa shape index (κ1) is 25.3. The van der Waals surface area contributed by atoms with E-state index < -0.39 is 74.6 Å². The second-order valence-corrected chi connectivity index (χ2v) is 7.65. The van der Waals surface area contributed by atoms with Crippen molar-refractivity contribution in [3.8, 4) is 28.4 Å². The lowest BCUT2D eigenvalue weighted by molar-refractivity contribution is -0.227. The van der Waals surface area contributed by atoms with Gasteiger partial charge >= 0.3 is 17.8 Å². The van der Waals surface area contributed by atoms with Gasteiger partial charge in [-0.2, -0.15) is 17.6 Å². The zero-order valence-corrected chi connectivity index (χ0v) is 18.7. The van der Waals surface area contributed by atoms with Crippen LogP contribution in [0.4, 0.5) is 30.7 Å². The van der Waals surface area contributed by atoms with Crippen LogP contribution in [0.5, 0.6) is 17.2 Å². The summed E-state index contributed by atoms with van der Waals surface area (Å²) >= 11 is 0. The molecule has 3 aromatic carbocycles. The van der Waals surface area contributed by atoms with E-state index in [9.17, 15) is 22.4 Å². The predicted octanol–water partition coefficient (Wildman–Crippen LogP) is 6.98. The fraction of sp³-hybridized carbons (Fsp3) is 0.240. The Labute approximate surface area is 200 Å². The third-order valence-electron chi connectivity index (χ3n) is 5.50. The van der Waals surface area contributed by atoms with Gasteiger partial charge in [-0.05, 0) is 55.3 Å². The van der Waals surface area contributed by atoms with E-state index in [1.807, 2.05) is 0 Å². The molecule has 3 aromatic rings. The Hall–Kier alpha value is -3.76. The van der Waals surface area contributed by atoms with Gasteiger partial charge in [0.05, 0.1) is 29.9 Å². The molecule has 4 rings (SSSR count). The van der Waals surface area contributed by atoms with Crippen molar-refractivity contribution >= 4 is 5.97 Å². The number of hydrogen-bond acceptors (Lipinski definition) is 4. The molecule has 0 fully saturated rings. The second-order valence-electron chi connectivity index (χ2n) is 7.65. The molecule has 0 aliphatic heterocycles. The minimum absolute atomic E-state index is 0.107. The summed E-state index contributed by atoms with van der Waals surface area (Å²) in [5, 5.41) is 0. The molecule has 0 saturated heterocycles. The molecule has 4 nitrogen and oxygen atoms in total. The first-order chi connectivity index (χ1) is 16.9. The lowest BCUT2D eigenvalue weighted by atomic mass is 9.79. The third kappa shape index (κ3) is 3.82. The summed E-state index contributed by atoms with van der Waals surface area (Å²) < 4.78 is 119. The summed E-state index contributed by atoms with van der Waals surface area (Å²) in [5.41, 5.74) is -6.06. The zero-order valence-electron chi connectivity index (χ0n) is 18.7. The fourth-order valence-corrected chi connectivity index (χ4v) is 3.91. The van der Waals surface area contributed by atoms with Gasteiger partial charge in [0.2, 0.25) is 0 Å². The summed E-state index contributed by atoms with van der Waals surface area (Å²) in [6.45, 7) is 3.19. The lowest BCUT2D eigenvalue weighted by Crippen LogP contribution is -2.41. The topological polar surface area (TPSA) is 44.8 Å². The molecule has 11 heteroatoms. The van der Waals surface area contributed by atoms with Crippen LogP contribution in [0.3, 0.4) is 0 Å². The molecule has 0 heterocycles. The molecular weight excluding hydrogens is 497 g/mol. The van der Waals surface area contributed by atoms with Crippen LogP contribution in [0.15, 0.2) is 42.5 Å². The van der Waals surface area contributed by atoms with Crippen molar-refractivity contribution in [1.29, 1.82) is 0 Å². The largest absolute Gasteiger partial charge is 0.494 e. The number of ether oxygens (including phenoxy) is 3. The maximum Gasteiger partial charge on any atom is 0.346 e. The summed E-state index contributed by atoms with van der Waals surface area (Å²) in [4.78, 5) is 12.5. The molecule has 0 radical (unpaired) electrons. The summed E-state index contributed by atoms with van der Waals surface area (Å²) in [5.74, 6) is -18.1. The van der Waals surface area contributed by atoms with Gasteiger partial charge in [0.25, 0.3) is 0 Å². The van der Waals surface area contributed by atoms with Gasteiger partial charge in [-0.3, -0.25) is 0 Å². The Morgan fingerprint density at radius 1 is 0.750 bits per heavy atom. The Morgan fingerprint density at radius 3 is 1.89 bits per heavy atom. The number of carbonyl (C=O) groups is 1. The molecule has 0 bridgehead atoms. The van der Waals surface area contributed by atoms with Gasteiger partial charge in [-0.15, -0.1) is 0 Å². The smallest absolute Gasteiger partial charge is 0.346 e. The van der Waals surface area contributed by atoms with Gasteiger partial charge in [0.1, 0.15) is 11.6 Å². The van der Waals surface area contributed by atoms with Crippen molar-refractivity contribution in [2.75, 3.05) is 13.2 Å². The first-order valence-corrected chi connectivity index (χ1v) is 10.6. The molecule has 0 N–H and O–H groups in total. The number of fused-ring (bicyclic) bond motifs is 3. The minimum Gasteiger partial charge on any atom is -0.494 e. The highest BCUT2D eigenvalue weighted by Crippen LogP contribution is 2.60. The van der Waals surface area contributed by atoms with E-state index in [4.69, 9.17) is 14.2 Å². The van der Waals surface area contributed by atoms with Crippen LogP contribution in [-0.4, -0.2) is 19.2 Å². The highest BCUT2D eigenvalue weighted by Gasteiger charge is 2.65. The molecule has 0 atom stereocenters. The van der Waals surface area contributed by atoms with Crippen molar-refractivity contribution in [2.45, 2.75) is 25.7 Å². The zero-order chi connectivity index (χ0) is 26.4. The predicted molar refractivity (Wildman–Crippen MR) is 113 cm³/mol. The van der Waals surface area contributed by atoms with E-state index in [2.05, 4.69) is 0 Å². The number of rotatable bonds is 6. The van der Waals surface area contributed by atoms with E-state index in [-0.39, 0.29) is 19.0 Å². The minimum atomic E-state index is -5.26. The van der Waals surface area contributed by atoms with Crippen LogP contribution in [0.2, 0.25) is 0 Å². The van der Waals surface area contributed by atoms with Crippen LogP contribution in [0.1, 0.15) is 35.3 Å². The van der Waals surface area contributed by atoms with Crippen LogP contribution in [0, 0.1) is 17.5 Å². The number of hydrogen-bond donors (Lipinski definition) is 0. The highest BCUT2D eigenvalue weighted by molar-refractivity contribution is 5.93. The van der Waals surface area contributed by atoms with Gasteiger partial charge in [0.15, 0.2) is 23.1 Å². The van der Waals surface area contributed by atoms with Crippen LogP contribution in [-0.2, 0) is 11.8 Å². The molecule has 0 amide bonds. The van der Waals surface area contributed by atoms with Crippen molar-refractivity contribution in [3.05, 3.63) is 76.6 Å². The van der Waals surface area contributed by atoms with Crippen LogP contribution < -0.4 is 14.2 Å². The number of halogens is 7. The molecular formula is C25H17F7O4. The van der Waals surface area contributed by atoms with Gasteiger partial charge < -0.3 is 14.2 Å². The summed E-state index contributed by atoms with van der Waals surface area (Å²) in [6, 6.07) is 6.45. The molecule has 0 aromatic heterocycles. The van der Waals surface area contributed by atoms with E-state index >= 15 is 13.2 Å². The Balaban J connectivity index is 1.81. The Kier molecular flexibility index (Phi) is 6.36. The Bertz CT molecular complexity index is 1350. The standard InChI is InChI=1S/C25H17F7O4/c1-3-34-12-5-9-17(16(26)11-12)36-23(33)15-7-6-13-14-8-10-18(35-4-2)22(28)20(14)25(31,32)24(29,30)19(13)21(15)27/h5-11H,3-4H2,1-2H3. The number of carbonyl (C=O) groups excluding carboxylic acids is 1. The van der Waals surface area contributed by atoms with Crippen molar-refractivity contribution in [1.82, 2.24) is 0 Å². The summed E-state index contributed by atoms with van der Waals surface area (Å²) in [6.07, 6.45) is 0. The van der Waals surface area contributed by atoms with Crippen molar-refractivity contribution < 1.29 is 49.7 Å². The lowest BCUT2D eigenvalue weighted by Gasteiger charge is -2.35. The SMILES string of the molecule is CCOc1ccc(OC(=O)c2ccc3c(c2F)C(F)(F)C(F)(F)c2c-3ccc(OCC)c2F)c(F)c1. The molecule has 0 saturated carbocycles. The maximum atomic E-state index is 15.3. The van der Waals surface area contributed by atoms with Crippen LogP contribution in [0.25, 0.3) is 11.1 Å². The monoisotopic (exact) mass is 514 g/mol. The molecule has 1 aliphatic carbocycles. The maximum absolute atomic E-state index is 15.3. The van der Waals surface area contributed by atoms with Crippen LogP contribution >= 0.6 is 0 Å². The average molecular weight is 514 g/mol. The number of alkyl halides is 4. The Morgan fingerprint density at radius 2 is 1.31 bits per heavy atom. The van der Waals surface area contributed by atoms with Gasteiger partial charge in [0, 0.05) is 6.07 Å². The molecule has 0 spiro atoms. The normalized spacial score (nSPS) is 15.0. The molecule has 1 aliphatic rings. The van der Waals surface area contributed by atoms with E-state index in [0.717, 1.165) is 30.3 Å². The second kappa shape index (κ2) is 9.03. The van der Waals surface area contributed by atoms with Crippen molar-refractivity contribution in [3.63, 3.8) is 0 Å². The number of benzene rings is 3. The van der Waals surface area contributed by atoms with Crippen molar-refractivity contribution in [2.24, 2.45) is 0 Å². The quantitative estimate of drug-likeness (QED) is 0.202. The molecule has 36 heavy (non-hydrogen) atoms. The number of esters is 1. The molecule has 0 unspecified atom stereocenters. The first-order valence-electron chi connectivity index (χ1n) is 10.6.